The summed E-state index contributed by atoms with van der Waals surface area (Å²) in [6, 6.07) is 7.88. The molecule has 1 aliphatic carbocycles. The first kappa shape index (κ1) is 21.9. The molecule has 0 saturated carbocycles. The van der Waals surface area contributed by atoms with E-state index in [1.54, 1.807) is 0 Å². The lowest BCUT2D eigenvalue weighted by Gasteiger charge is -2.39. The standard InChI is InChI=1S/C24H30BrNO3/c1-5-6-7-11-29-23(28)20-15(2)26-18-13-24(3,4)14-19(27)22(18)21(20)16-9-8-10-17(25)12-16/h8-10,12,20-21H,5-7,11,13-14H2,1-4H3/t20?,21-/m1/s1. The van der Waals surface area contributed by atoms with Crippen molar-refractivity contribution in [1.82, 2.24) is 0 Å². The Hall–Kier alpha value is -1.75. The first-order valence-electron chi connectivity index (χ1n) is 10.5. The Morgan fingerprint density at radius 3 is 2.72 bits per heavy atom. The zero-order valence-electron chi connectivity index (χ0n) is 17.8. The monoisotopic (exact) mass is 459 g/mol. The van der Waals surface area contributed by atoms with Crippen LogP contribution in [0.25, 0.3) is 0 Å². The van der Waals surface area contributed by atoms with E-state index in [0.717, 1.165) is 47.1 Å². The number of rotatable bonds is 6. The Bertz CT molecular complexity index is 869. The average Bonchev–Trinajstić information content (AvgIpc) is 2.63. The Labute approximate surface area is 181 Å². The van der Waals surface area contributed by atoms with E-state index in [1.165, 1.54) is 0 Å². The Kier molecular flexibility index (Phi) is 6.77. The van der Waals surface area contributed by atoms with E-state index in [4.69, 9.17) is 9.73 Å². The Morgan fingerprint density at radius 1 is 1.28 bits per heavy atom. The van der Waals surface area contributed by atoms with Gasteiger partial charge < -0.3 is 4.74 Å². The second-order valence-electron chi connectivity index (χ2n) is 8.94. The first-order valence-corrected chi connectivity index (χ1v) is 11.3. The summed E-state index contributed by atoms with van der Waals surface area (Å²) in [5, 5.41) is 0. The number of ether oxygens (including phenoxy) is 1. The molecule has 0 saturated heterocycles. The van der Waals surface area contributed by atoms with Gasteiger partial charge in [0.15, 0.2) is 5.78 Å². The summed E-state index contributed by atoms with van der Waals surface area (Å²) >= 11 is 3.53. The molecule has 4 nitrogen and oxygen atoms in total. The van der Waals surface area contributed by atoms with E-state index in [1.807, 2.05) is 31.2 Å². The van der Waals surface area contributed by atoms with Gasteiger partial charge in [0.25, 0.3) is 0 Å². The molecule has 0 bridgehead atoms. The number of halogens is 1. The topological polar surface area (TPSA) is 55.7 Å². The third-order valence-electron chi connectivity index (χ3n) is 5.76. The van der Waals surface area contributed by atoms with Crippen molar-refractivity contribution >= 4 is 33.4 Å². The van der Waals surface area contributed by atoms with Crippen LogP contribution in [0.4, 0.5) is 0 Å². The van der Waals surface area contributed by atoms with Gasteiger partial charge in [-0.2, -0.15) is 0 Å². The van der Waals surface area contributed by atoms with Crippen molar-refractivity contribution in [3.8, 4) is 0 Å². The van der Waals surface area contributed by atoms with Gasteiger partial charge in [0.1, 0.15) is 5.92 Å². The fourth-order valence-corrected chi connectivity index (χ4v) is 4.84. The number of esters is 1. The molecule has 1 aliphatic heterocycles. The summed E-state index contributed by atoms with van der Waals surface area (Å²) in [6.07, 6.45) is 4.18. The molecule has 3 rings (SSSR count). The van der Waals surface area contributed by atoms with Gasteiger partial charge in [-0.3, -0.25) is 14.6 Å². The molecule has 2 aliphatic rings. The highest BCUT2D eigenvalue weighted by Gasteiger charge is 2.46. The lowest BCUT2D eigenvalue weighted by atomic mass is 9.67. The molecule has 1 heterocycles. The molecule has 156 valence electrons. The predicted molar refractivity (Wildman–Crippen MR) is 119 cm³/mol. The molecule has 1 aromatic rings. The van der Waals surface area contributed by atoms with Gasteiger partial charge in [-0.05, 0) is 42.9 Å². The molecule has 0 amide bonds. The SMILES string of the molecule is CCCCCOC(=O)C1C(C)=NC2=C(C(=O)CC(C)(C)C2)[C@@H]1c1cccc(Br)c1. The summed E-state index contributed by atoms with van der Waals surface area (Å²) in [7, 11) is 0. The fraction of sp³-hybridized carbons (Fsp3) is 0.542. The number of nitrogens with zero attached hydrogens (tertiary/aromatic N) is 1. The maximum atomic E-state index is 13.2. The van der Waals surface area contributed by atoms with Crippen molar-refractivity contribution in [2.45, 2.75) is 65.7 Å². The zero-order valence-corrected chi connectivity index (χ0v) is 19.3. The minimum Gasteiger partial charge on any atom is -0.465 e. The molecule has 0 radical (unpaired) electrons. The Morgan fingerprint density at radius 2 is 2.03 bits per heavy atom. The predicted octanol–water partition coefficient (Wildman–Crippen LogP) is 6.00. The first-order chi connectivity index (χ1) is 13.7. The summed E-state index contributed by atoms with van der Waals surface area (Å²) in [6.45, 7) is 8.62. The molecule has 29 heavy (non-hydrogen) atoms. The summed E-state index contributed by atoms with van der Waals surface area (Å²) < 4.78 is 6.55. The van der Waals surface area contributed by atoms with Crippen LogP contribution in [0.15, 0.2) is 45.0 Å². The number of hydrogen-bond donors (Lipinski definition) is 0. The second-order valence-corrected chi connectivity index (χ2v) is 9.86. The lowest BCUT2D eigenvalue weighted by molar-refractivity contribution is -0.146. The lowest BCUT2D eigenvalue weighted by Crippen LogP contribution is -2.39. The van der Waals surface area contributed by atoms with Crippen LogP contribution in [0.3, 0.4) is 0 Å². The maximum Gasteiger partial charge on any atom is 0.315 e. The van der Waals surface area contributed by atoms with Crippen LogP contribution in [0, 0.1) is 11.3 Å². The summed E-state index contributed by atoms with van der Waals surface area (Å²) in [4.78, 5) is 31.1. The van der Waals surface area contributed by atoms with Crippen molar-refractivity contribution in [3.05, 3.63) is 45.6 Å². The number of benzene rings is 1. The average molecular weight is 460 g/mol. The van der Waals surface area contributed by atoms with E-state index < -0.39 is 5.92 Å². The molecule has 5 heteroatoms. The minimum absolute atomic E-state index is 0.0984. The Balaban J connectivity index is 2.02. The van der Waals surface area contributed by atoms with E-state index in [-0.39, 0.29) is 23.1 Å². The number of hydrogen-bond acceptors (Lipinski definition) is 4. The highest BCUT2D eigenvalue weighted by atomic mass is 79.9. The second kappa shape index (κ2) is 8.95. The van der Waals surface area contributed by atoms with E-state index in [9.17, 15) is 9.59 Å². The van der Waals surface area contributed by atoms with Crippen molar-refractivity contribution < 1.29 is 14.3 Å². The molecular formula is C24H30BrNO3. The van der Waals surface area contributed by atoms with Gasteiger partial charge in [0.05, 0.1) is 6.61 Å². The van der Waals surface area contributed by atoms with E-state index in [0.29, 0.717) is 18.6 Å². The van der Waals surface area contributed by atoms with Crippen LogP contribution in [0.2, 0.25) is 0 Å². The quantitative estimate of drug-likeness (QED) is 0.387. The molecule has 1 unspecified atom stereocenters. The highest BCUT2D eigenvalue weighted by Crippen LogP contribution is 2.48. The molecular weight excluding hydrogens is 430 g/mol. The van der Waals surface area contributed by atoms with Crippen molar-refractivity contribution in [2.75, 3.05) is 6.61 Å². The van der Waals surface area contributed by atoms with Gasteiger partial charge >= 0.3 is 5.97 Å². The number of unbranched alkanes of at least 4 members (excludes halogenated alkanes) is 2. The van der Waals surface area contributed by atoms with Crippen LogP contribution >= 0.6 is 15.9 Å². The third-order valence-corrected chi connectivity index (χ3v) is 6.25. The van der Waals surface area contributed by atoms with Crippen molar-refractivity contribution in [2.24, 2.45) is 16.3 Å². The van der Waals surface area contributed by atoms with E-state index in [2.05, 4.69) is 36.7 Å². The summed E-state index contributed by atoms with van der Waals surface area (Å²) in [5.41, 5.74) is 3.10. The van der Waals surface area contributed by atoms with E-state index >= 15 is 0 Å². The smallest absolute Gasteiger partial charge is 0.315 e. The van der Waals surface area contributed by atoms with Crippen molar-refractivity contribution in [1.29, 1.82) is 0 Å². The van der Waals surface area contributed by atoms with Gasteiger partial charge in [-0.25, -0.2) is 0 Å². The number of carbonyl (C=O) groups is 2. The van der Waals surface area contributed by atoms with Crippen LogP contribution in [0.5, 0.6) is 0 Å². The van der Waals surface area contributed by atoms with Crippen LogP contribution in [0.1, 0.15) is 71.3 Å². The zero-order chi connectivity index (χ0) is 21.2. The molecule has 0 fully saturated rings. The molecule has 0 aromatic heterocycles. The van der Waals surface area contributed by atoms with Gasteiger partial charge in [0.2, 0.25) is 0 Å². The molecule has 0 N–H and O–H groups in total. The highest BCUT2D eigenvalue weighted by molar-refractivity contribution is 9.10. The maximum absolute atomic E-state index is 13.2. The van der Waals surface area contributed by atoms with Crippen LogP contribution in [-0.4, -0.2) is 24.1 Å². The minimum atomic E-state index is -0.560. The number of carbonyl (C=O) groups excluding carboxylic acids is 2. The van der Waals surface area contributed by atoms with Gasteiger partial charge in [-0.1, -0.05) is 61.7 Å². The van der Waals surface area contributed by atoms with Gasteiger partial charge in [-0.15, -0.1) is 0 Å². The molecule has 0 spiro atoms. The van der Waals surface area contributed by atoms with Crippen molar-refractivity contribution in [3.63, 3.8) is 0 Å². The van der Waals surface area contributed by atoms with Crippen LogP contribution in [-0.2, 0) is 14.3 Å². The normalized spacial score (nSPS) is 23.5. The largest absolute Gasteiger partial charge is 0.465 e. The summed E-state index contributed by atoms with van der Waals surface area (Å²) in [5.74, 6) is -1.09. The molecule has 1 aromatic carbocycles. The number of Topliss-reactive ketones (excluding diaryl/α,β-unsaturated/α-hetero) is 1. The van der Waals surface area contributed by atoms with Gasteiger partial charge in [0, 0.05) is 33.8 Å². The number of ketones is 1. The van der Waals surface area contributed by atoms with Crippen LogP contribution < -0.4 is 0 Å². The molecule has 2 atom stereocenters. The fourth-order valence-electron chi connectivity index (χ4n) is 4.43. The third kappa shape index (κ3) is 4.88. The number of aliphatic imine (C=N–C) groups is 1. The number of allylic oxidation sites excluding steroid dienone is 2.